The van der Waals surface area contributed by atoms with Gasteiger partial charge in [0.15, 0.2) is 5.78 Å². The second-order valence-corrected chi connectivity index (χ2v) is 7.70. The zero-order chi connectivity index (χ0) is 19.0. The number of anilines is 1. The Bertz CT molecular complexity index is 765. The Morgan fingerprint density at radius 3 is 2.63 bits per heavy atom. The number of rotatable bonds is 5. The molecule has 4 rings (SSSR count). The molecule has 7 nitrogen and oxygen atoms in total. The number of para-hydroxylation sites is 1. The Balaban J connectivity index is 1.29. The van der Waals surface area contributed by atoms with Crippen LogP contribution >= 0.6 is 0 Å². The van der Waals surface area contributed by atoms with Gasteiger partial charge in [0.25, 0.3) is 0 Å². The fourth-order valence-electron chi connectivity index (χ4n) is 4.56. The van der Waals surface area contributed by atoms with Crippen molar-refractivity contribution in [3.63, 3.8) is 0 Å². The third kappa shape index (κ3) is 3.43. The molecule has 2 amide bonds. The number of hydrogen-bond donors (Lipinski definition) is 1. The normalized spacial score (nSPS) is 25.0. The van der Waals surface area contributed by atoms with Gasteiger partial charge in [-0.3, -0.25) is 14.5 Å². The molecule has 3 heterocycles. The molecule has 3 aliphatic heterocycles. The van der Waals surface area contributed by atoms with Crippen LogP contribution < -0.4 is 4.90 Å². The number of fused-ring (bicyclic) bond motifs is 2. The lowest BCUT2D eigenvalue weighted by Gasteiger charge is -2.43. The SMILES string of the molecule is O=C1CCC(=O)N(CCCCN2C[C@@H]3CN(C(=O)O)C[C@@H]32)c2ccccc21. The molecule has 0 bridgehead atoms. The van der Waals surface area contributed by atoms with Crippen LogP contribution in [0.4, 0.5) is 10.5 Å². The van der Waals surface area contributed by atoms with Gasteiger partial charge >= 0.3 is 6.09 Å². The molecule has 2 atom stereocenters. The van der Waals surface area contributed by atoms with Crippen molar-refractivity contribution in [1.82, 2.24) is 9.80 Å². The lowest BCUT2D eigenvalue weighted by molar-refractivity contribution is -0.118. The second kappa shape index (κ2) is 7.31. The summed E-state index contributed by atoms with van der Waals surface area (Å²) in [7, 11) is 0. The first-order chi connectivity index (χ1) is 13.0. The van der Waals surface area contributed by atoms with E-state index >= 15 is 0 Å². The van der Waals surface area contributed by atoms with Crippen molar-refractivity contribution < 1.29 is 19.5 Å². The van der Waals surface area contributed by atoms with Crippen LogP contribution in [0.15, 0.2) is 24.3 Å². The van der Waals surface area contributed by atoms with Crippen molar-refractivity contribution in [2.75, 3.05) is 37.6 Å². The van der Waals surface area contributed by atoms with Crippen molar-refractivity contribution in [1.29, 1.82) is 0 Å². The van der Waals surface area contributed by atoms with E-state index in [1.807, 2.05) is 18.2 Å². The molecule has 27 heavy (non-hydrogen) atoms. The van der Waals surface area contributed by atoms with Crippen LogP contribution in [0, 0.1) is 5.92 Å². The number of carboxylic acid groups (broad SMARTS) is 1. The summed E-state index contributed by atoms with van der Waals surface area (Å²) in [5.74, 6) is 0.536. The number of nitrogens with zero attached hydrogens (tertiary/aromatic N) is 3. The highest BCUT2D eigenvalue weighted by molar-refractivity contribution is 6.10. The summed E-state index contributed by atoms with van der Waals surface area (Å²) in [4.78, 5) is 41.4. The third-order valence-corrected chi connectivity index (χ3v) is 6.05. The minimum absolute atomic E-state index is 0.0187. The summed E-state index contributed by atoms with van der Waals surface area (Å²) in [6.07, 6.45) is 1.55. The monoisotopic (exact) mass is 371 g/mol. The number of carbonyl (C=O) groups is 3. The summed E-state index contributed by atoms with van der Waals surface area (Å²) in [6, 6.07) is 7.73. The molecule has 0 unspecified atom stereocenters. The van der Waals surface area contributed by atoms with Crippen LogP contribution in [0.2, 0.25) is 0 Å². The van der Waals surface area contributed by atoms with Crippen LogP contribution in [0.1, 0.15) is 36.0 Å². The Morgan fingerprint density at radius 2 is 1.81 bits per heavy atom. The lowest BCUT2D eigenvalue weighted by atomic mass is 9.92. The zero-order valence-electron chi connectivity index (χ0n) is 15.3. The molecule has 2 fully saturated rings. The van der Waals surface area contributed by atoms with Gasteiger partial charge in [-0.1, -0.05) is 12.1 Å². The highest BCUT2D eigenvalue weighted by Crippen LogP contribution is 2.32. The number of ketones is 1. The molecular weight excluding hydrogens is 346 g/mol. The molecule has 1 N–H and O–H groups in total. The highest BCUT2D eigenvalue weighted by atomic mass is 16.4. The molecule has 0 aliphatic carbocycles. The van der Waals surface area contributed by atoms with Gasteiger partial charge < -0.3 is 14.9 Å². The maximum atomic E-state index is 12.5. The van der Waals surface area contributed by atoms with Gasteiger partial charge in [0.2, 0.25) is 5.91 Å². The number of carbonyl (C=O) groups excluding carboxylic acids is 2. The van der Waals surface area contributed by atoms with E-state index < -0.39 is 6.09 Å². The number of benzene rings is 1. The summed E-state index contributed by atoms with van der Waals surface area (Å²) < 4.78 is 0. The third-order valence-electron chi connectivity index (χ3n) is 6.05. The highest BCUT2D eigenvalue weighted by Gasteiger charge is 2.46. The van der Waals surface area contributed by atoms with Crippen LogP contribution in [0.5, 0.6) is 0 Å². The van der Waals surface area contributed by atoms with Gasteiger partial charge in [-0.15, -0.1) is 0 Å². The second-order valence-electron chi connectivity index (χ2n) is 7.70. The number of Topliss-reactive ketones (excluding diaryl/α,β-unsaturated/α-hetero) is 1. The molecular formula is C20H25N3O4. The van der Waals surface area contributed by atoms with Crippen molar-refractivity contribution in [2.24, 2.45) is 5.92 Å². The molecule has 3 aliphatic rings. The molecule has 2 saturated heterocycles. The predicted octanol–water partition coefficient (Wildman–Crippen LogP) is 2.07. The fourth-order valence-corrected chi connectivity index (χ4v) is 4.56. The average Bonchev–Trinajstić information content (AvgIpc) is 2.94. The molecule has 0 spiro atoms. The van der Waals surface area contributed by atoms with E-state index in [2.05, 4.69) is 4.90 Å². The topological polar surface area (TPSA) is 81.2 Å². The molecule has 7 heteroatoms. The average molecular weight is 371 g/mol. The minimum Gasteiger partial charge on any atom is -0.465 e. The van der Waals surface area contributed by atoms with Gasteiger partial charge in [0.1, 0.15) is 0 Å². The van der Waals surface area contributed by atoms with Gasteiger partial charge in [0, 0.05) is 56.5 Å². The summed E-state index contributed by atoms with van der Waals surface area (Å²) in [6.45, 7) is 3.78. The summed E-state index contributed by atoms with van der Waals surface area (Å²) in [5.41, 5.74) is 1.38. The van der Waals surface area contributed by atoms with Gasteiger partial charge in [0.05, 0.1) is 5.69 Å². The first-order valence-electron chi connectivity index (χ1n) is 9.69. The van der Waals surface area contributed by atoms with E-state index in [1.54, 1.807) is 11.0 Å². The standard InChI is InChI=1S/C20H25N3O4/c24-18-7-8-19(25)23(16-6-2-1-5-15(16)18)10-4-3-9-21-11-14-12-22(20(26)27)13-17(14)21/h1-2,5-6,14,17H,3-4,7-13H2,(H,26,27)/t14-,17+/m1/s1. The Kier molecular flexibility index (Phi) is 4.86. The Labute approximate surface area is 158 Å². The smallest absolute Gasteiger partial charge is 0.407 e. The van der Waals surface area contributed by atoms with E-state index in [-0.39, 0.29) is 24.5 Å². The fraction of sp³-hybridized carbons (Fsp3) is 0.550. The van der Waals surface area contributed by atoms with E-state index in [4.69, 9.17) is 5.11 Å². The van der Waals surface area contributed by atoms with E-state index in [0.717, 1.165) is 31.6 Å². The van der Waals surface area contributed by atoms with E-state index in [0.29, 0.717) is 37.2 Å². The molecule has 144 valence electrons. The number of amides is 2. The largest absolute Gasteiger partial charge is 0.465 e. The van der Waals surface area contributed by atoms with Crippen LogP contribution in [0.25, 0.3) is 0 Å². The predicted molar refractivity (Wildman–Crippen MR) is 100 cm³/mol. The van der Waals surface area contributed by atoms with E-state index in [9.17, 15) is 14.4 Å². The van der Waals surface area contributed by atoms with Crippen molar-refractivity contribution in [3.8, 4) is 0 Å². The van der Waals surface area contributed by atoms with Gasteiger partial charge in [-0.05, 0) is 31.5 Å². The number of likely N-dealkylation sites (tertiary alicyclic amines) is 2. The first-order valence-corrected chi connectivity index (χ1v) is 9.69. The Hall–Kier alpha value is -2.41. The zero-order valence-corrected chi connectivity index (χ0v) is 15.3. The summed E-state index contributed by atoms with van der Waals surface area (Å²) >= 11 is 0. The maximum Gasteiger partial charge on any atom is 0.407 e. The van der Waals surface area contributed by atoms with Crippen molar-refractivity contribution >= 4 is 23.5 Å². The Morgan fingerprint density at radius 1 is 1.04 bits per heavy atom. The van der Waals surface area contributed by atoms with Crippen LogP contribution in [-0.4, -0.2) is 71.5 Å². The first kappa shape index (κ1) is 18.0. The molecule has 0 aromatic heterocycles. The lowest BCUT2D eigenvalue weighted by Crippen LogP contribution is -2.55. The van der Waals surface area contributed by atoms with Crippen molar-refractivity contribution in [2.45, 2.75) is 31.7 Å². The maximum absolute atomic E-state index is 12.5. The molecule has 1 aromatic rings. The van der Waals surface area contributed by atoms with Crippen LogP contribution in [-0.2, 0) is 4.79 Å². The molecule has 1 aromatic carbocycles. The quantitative estimate of drug-likeness (QED) is 0.802. The molecule has 0 saturated carbocycles. The van der Waals surface area contributed by atoms with Gasteiger partial charge in [-0.25, -0.2) is 4.79 Å². The van der Waals surface area contributed by atoms with Gasteiger partial charge in [-0.2, -0.15) is 0 Å². The minimum atomic E-state index is -0.822. The number of unbranched alkanes of at least 4 members (excludes halogenated alkanes) is 1. The van der Waals surface area contributed by atoms with E-state index in [1.165, 1.54) is 4.90 Å². The molecule has 0 radical (unpaired) electrons. The van der Waals surface area contributed by atoms with Crippen LogP contribution in [0.3, 0.4) is 0 Å². The number of hydrogen-bond acceptors (Lipinski definition) is 4. The summed E-state index contributed by atoms with van der Waals surface area (Å²) in [5, 5.41) is 9.11. The van der Waals surface area contributed by atoms with Crippen molar-refractivity contribution in [3.05, 3.63) is 29.8 Å².